The van der Waals surface area contributed by atoms with Gasteiger partial charge in [0.2, 0.25) is 0 Å². The van der Waals surface area contributed by atoms with Crippen LogP contribution >= 0.6 is 38.2 Å². The number of rotatable bonds is 8. The first-order chi connectivity index (χ1) is 20.2. The van der Waals surface area contributed by atoms with Crippen molar-refractivity contribution in [1.82, 2.24) is 19.8 Å². The first-order valence-corrected chi connectivity index (χ1v) is 16.3. The fraction of sp³-hybridized carbons (Fsp3) is 0.571. The maximum absolute atomic E-state index is 11.7. The van der Waals surface area contributed by atoms with Crippen molar-refractivity contribution in [2.24, 2.45) is 0 Å². The fourth-order valence-corrected chi connectivity index (χ4v) is 5.17. The van der Waals surface area contributed by atoms with E-state index in [1.54, 1.807) is 22.6 Å². The summed E-state index contributed by atoms with van der Waals surface area (Å²) in [7, 11) is -9.49. The lowest BCUT2D eigenvalue weighted by Gasteiger charge is -2.33. The lowest BCUT2D eigenvalue weighted by molar-refractivity contribution is -0.118. The van der Waals surface area contributed by atoms with E-state index in [0.717, 1.165) is 10.8 Å². The van der Waals surface area contributed by atoms with Gasteiger partial charge in [-0.05, 0) is 29.5 Å². The van der Waals surface area contributed by atoms with Crippen LogP contribution in [0.1, 0.15) is 19.2 Å². The topological polar surface area (TPSA) is 320 Å². The predicted molar refractivity (Wildman–Crippen MR) is 157 cm³/mol. The van der Waals surface area contributed by atoms with Crippen LogP contribution in [0.25, 0.3) is 0 Å². The van der Waals surface area contributed by atoms with Crippen LogP contribution in [0, 0.1) is 6.92 Å². The Hall–Kier alpha value is -1.86. The number of aryl methyl sites for hydroxylation is 1. The molecule has 8 atom stereocenters. The number of hydrogen-bond donors (Lipinski definition) is 10. The van der Waals surface area contributed by atoms with Gasteiger partial charge in [0.1, 0.15) is 42.4 Å². The molecule has 3 aliphatic heterocycles. The quantitative estimate of drug-likeness (QED) is 0.0921. The van der Waals surface area contributed by atoms with E-state index in [4.69, 9.17) is 29.0 Å². The predicted octanol–water partition coefficient (Wildman–Crippen LogP) is -3.07. The second-order valence-electron chi connectivity index (χ2n) is 9.43. The van der Waals surface area contributed by atoms with E-state index in [2.05, 4.69) is 20.9 Å². The molecular weight excluding hydrogens is 769 g/mol. The van der Waals surface area contributed by atoms with Crippen LogP contribution in [0.3, 0.4) is 0 Å². The van der Waals surface area contributed by atoms with Gasteiger partial charge in [-0.2, -0.15) is 0 Å². The van der Waals surface area contributed by atoms with Crippen LogP contribution in [-0.2, 0) is 32.4 Å². The third kappa shape index (κ3) is 10.1. The highest BCUT2D eigenvalue weighted by atomic mass is 127. The molecule has 256 valence electrons. The van der Waals surface area contributed by atoms with Crippen molar-refractivity contribution in [2.75, 3.05) is 13.2 Å². The Morgan fingerprint density at radius 2 is 1.38 bits per heavy atom. The van der Waals surface area contributed by atoms with Crippen molar-refractivity contribution < 1.29 is 72.4 Å². The molecule has 4 heterocycles. The van der Waals surface area contributed by atoms with Crippen molar-refractivity contribution in [3.8, 4) is 0 Å². The molecule has 1 aromatic rings. The number of aliphatic hydroxyl groups excluding tert-OH is 4. The Balaban J connectivity index is 0.000000307. The molecule has 0 aliphatic carbocycles. The Bertz CT molecular complexity index is 1490. The number of ether oxygens (including phenoxy) is 2. The molecule has 0 aromatic carbocycles. The number of amides is 1. The molecule has 1 aromatic heterocycles. The normalized spacial score (nSPS) is 30.3. The Labute approximate surface area is 267 Å². The first-order valence-electron chi connectivity index (χ1n) is 12.1. The molecule has 45 heavy (non-hydrogen) atoms. The van der Waals surface area contributed by atoms with Crippen LogP contribution in [0.2, 0.25) is 0 Å². The van der Waals surface area contributed by atoms with Gasteiger partial charge < -0.3 is 59.7 Å². The molecule has 4 rings (SSSR count). The number of carbonyl (C=O) groups is 1. The van der Waals surface area contributed by atoms with Crippen LogP contribution in [-0.4, -0.2) is 116 Å². The van der Waals surface area contributed by atoms with E-state index < -0.39 is 89.2 Å². The van der Waals surface area contributed by atoms with Crippen LogP contribution in [0.5, 0.6) is 0 Å². The van der Waals surface area contributed by atoms with Gasteiger partial charge in [0, 0.05) is 18.0 Å². The summed E-state index contributed by atoms with van der Waals surface area (Å²) in [5.41, 5.74) is -1.28. The molecule has 0 spiro atoms. The maximum atomic E-state index is 11.7. The molecule has 3 aliphatic rings. The summed E-state index contributed by atoms with van der Waals surface area (Å²) >= 11 is 1.78. The number of halogens is 1. The molecule has 2 fully saturated rings. The molecule has 2 saturated heterocycles. The number of nitrogens with one attached hydrogen (secondary N) is 2. The maximum Gasteiger partial charge on any atom is 0.469 e. The number of phosphoric acid groups is 2. The van der Waals surface area contributed by atoms with Crippen molar-refractivity contribution in [1.29, 1.82) is 0 Å². The van der Waals surface area contributed by atoms with Crippen LogP contribution < -0.4 is 16.6 Å². The zero-order chi connectivity index (χ0) is 33.3. The molecule has 0 saturated carbocycles. The van der Waals surface area contributed by atoms with Gasteiger partial charge in [0.05, 0.1) is 16.8 Å². The summed E-state index contributed by atoms with van der Waals surface area (Å²) in [4.78, 5) is 72.4. The van der Waals surface area contributed by atoms with E-state index >= 15 is 0 Å². The summed E-state index contributed by atoms with van der Waals surface area (Å²) in [6, 6.07) is 0. The summed E-state index contributed by atoms with van der Waals surface area (Å²) in [6.45, 7) is 3.75. The smallest absolute Gasteiger partial charge is 0.387 e. The number of aromatic nitrogens is 2. The lowest BCUT2D eigenvalue weighted by atomic mass is 10.1. The highest BCUT2D eigenvalue weighted by molar-refractivity contribution is 14.1. The molecular formula is C21H33IN4O17P2. The van der Waals surface area contributed by atoms with Gasteiger partial charge in [-0.15, -0.1) is 0 Å². The van der Waals surface area contributed by atoms with Gasteiger partial charge >= 0.3 is 21.3 Å². The van der Waals surface area contributed by atoms with E-state index in [0.29, 0.717) is 3.58 Å². The Morgan fingerprint density at radius 3 is 1.87 bits per heavy atom. The molecule has 24 heteroatoms. The Kier molecular flexibility index (Phi) is 13.4. The van der Waals surface area contributed by atoms with Crippen molar-refractivity contribution in [2.45, 2.75) is 63.4 Å². The van der Waals surface area contributed by atoms with Gasteiger partial charge in [0.15, 0.2) is 12.5 Å². The number of carbonyl (C=O) groups excluding carboxylic acids is 1. The van der Waals surface area contributed by atoms with Crippen LogP contribution in [0.15, 0.2) is 38.0 Å². The highest BCUT2D eigenvalue weighted by Crippen LogP contribution is 2.39. The van der Waals surface area contributed by atoms with Gasteiger partial charge in [0.25, 0.3) is 11.5 Å². The minimum absolute atomic E-state index is 0. The largest absolute Gasteiger partial charge is 0.469 e. The van der Waals surface area contributed by atoms with E-state index in [9.17, 15) is 43.9 Å². The van der Waals surface area contributed by atoms with E-state index in [1.165, 1.54) is 18.0 Å². The molecule has 10 N–H and O–H groups in total. The SMILES string of the molecule is C.C=C1NC(=O)C(I)=CN1C1OC(COP(=O)(O)O)C(O)C1O.Cc1cn(C2OC(COP(=O)(O)O)C(O)C2O)c(=O)[nH]c1=O. The Morgan fingerprint density at radius 1 is 0.911 bits per heavy atom. The second-order valence-corrected chi connectivity index (χ2v) is 13.1. The fourth-order valence-electron chi connectivity index (χ4n) is 4.05. The minimum atomic E-state index is -4.77. The monoisotopic (exact) mass is 802 g/mol. The molecule has 8 unspecified atom stereocenters. The summed E-state index contributed by atoms with van der Waals surface area (Å²) in [5, 5.41) is 42.1. The van der Waals surface area contributed by atoms with Crippen molar-refractivity contribution in [3.63, 3.8) is 0 Å². The van der Waals surface area contributed by atoms with Gasteiger partial charge in [-0.3, -0.25) is 28.2 Å². The minimum Gasteiger partial charge on any atom is -0.387 e. The average Bonchev–Trinajstić information content (AvgIpc) is 3.35. The number of aliphatic hydroxyl groups is 4. The van der Waals surface area contributed by atoms with E-state index in [1.807, 2.05) is 4.98 Å². The highest BCUT2D eigenvalue weighted by Gasteiger charge is 2.47. The number of H-pyrrole nitrogens is 1. The van der Waals surface area contributed by atoms with E-state index in [-0.39, 0.29) is 24.7 Å². The lowest BCUT2D eigenvalue weighted by Crippen LogP contribution is -2.47. The number of aromatic amines is 1. The zero-order valence-corrected chi connectivity index (χ0v) is 26.3. The average molecular weight is 802 g/mol. The standard InChI is InChI=1S/C10H14IN2O8P.C10H15N2O9P.CH4/c1-4-12-9(16)5(11)2-13(4)10-8(15)7(14)6(21-10)3-20-22(17,18)19;1-4-2-12(10(16)11-8(4)15)9-7(14)6(13)5(21-9)3-20-22(17,18)19;/h2,6-8,10,14-15H,1,3H2,(H,12,16)(H2,17,18,19);2,5-7,9,13-14H,3H2,1H3,(H,11,15,16)(H2,17,18,19);1H4. The number of hydrogen-bond acceptors (Lipinski definition) is 14. The number of phosphoric ester groups is 2. The van der Waals surface area contributed by atoms with Gasteiger partial charge in [-0.25, -0.2) is 13.9 Å². The van der Waals surface area contributed by atoms with Crippen molar-refractivity contribution in [3.05, 3.63) is 54.8 Å². The van der Waals surface area contributed by atoms with Crippen molar-refractivity contribution >= 4 is 44.1 Å². The molecule has 0 bridgehead atoms. The second kappa shape index (κ2) is 15.4. The molecule has 0 radical (unpaired) electrons. The van der Waals surface area contributed by atoms with Gasteiger partial charge in [-0.1, -0.05) is 14.0 Å². The summed E-state index contributed by atoms with van der Waals surface area (Å²) < 4.78 is 41.6. The third-order valence-electron chi connectivity index (χ3n) is 6.22. The third-order valence-corrected chi connectivity index (χ3v) is 7.96. The van der Waals surface area contributed by atoms with Crippen LogP contribution in [0.4, 0.5) is 0 Å². The molecule has 1 amide bonds. The summed E-state index contributed by atoms with van der Waals surface area (Å²) in [6.07, 6.45) is -8.19. The zero-order valence-electron chi connectivity index (χ0n) is 22.3. The summed E-state index contributed by atoms with van der Waals surface area (Å²) in [5.74, 6) is -0.227. The molecule has 21 nitrogen and oxygen atoms in total. The number of nitrogens with zero attached hydrogens (tertiary/aromatic N) is 2. The first kappa shape index (κ1) is 39.3.